The molecule has 0 saturated carbocycles. The van der Waals surface area contributed by atoms with Crippen molar-refractivity contribution in [3.8, 4) is 11.3 Å². The number of benzene rings is 2. The maximum Gasteiger partial charge on any atom is 0.273 e. The van der Waals surface area contributed by atoms with E-state index in [0.717, 1.165) is 18.7 Å². The third-order valence-corrected chi connectivity index (χ3v) is 4.97. The van der Waals surface area contributed by atoms with Crippen LogP contribution in [0.2, 0.25) is 0 Å². The lowest BCUT2D eigenvalue weighted by molar-refractivity contribution is 0.0926. The van der Waals surface area contributed by atoms with E-state index in [-0.39, 0.29) is 11.9 Å². The number of carbonyl (C=O) groups is 1. The lowest BCUT2D eigenvalue weighted by Crippen LogP contribution is -2.38. The van der Waals surface area contributed by atoms with Crippen LogP contribution in [0.15, 0.2) is 65.2 Å². The Hall–Kier alpha value is -2.92. The van der Waals surface area contributed by atoms with Gasteiger partial charge in [0.15, 0.2) is 11.5 Å². The Morgan fingerprint density at radius 2 is 1.75 bits per heavy atom. The second kappa shape index (κ2) is 9.33. The van der Waals surface area contributed by atoms with Crippen LogP contribution in [-0.4, -0.2) is 35.6 Å². The molecule has 0 saturated heterocycles. The Labute approximate surface area is 166 Å². The Morgan fingerprint density at radius 3 is 2.39 bits per heavy atom. The van der Waals surface area contributed by atoms with Gasteiger partial charge in [-0.2, -0.15) is 0 Å². The number of rotatable bonds is 8. The number of carbonyl (C=O) groups excluding carboxylic acids is 1. The summed E-state index contributed by atoms with van der Waals surface area (Å²) in [5.41, 5.74) is 3.61. The minimum Gasteiger partial charge on any atom is -0.355 e. The molecule has 0 unspecified atom stereocenters. The number of likely N-dealkylation sites (N-methyl/N-ethyl adjacent to an activating group) is 1. The molecule has 2 aromatic carbocycles. The van der Waals surface area contributed by atoms with Gasteiger partial charge >= 0.3 is 0 Å². The van der Waals surface area contributed by atoms with Crippen molar-refractivity contribution < 1.29 is 9.32 Å². The van der Waals surface area contributed by atoms with Crippen LogP contribution in [0.25, 0.3) is 11.3 Å². The fourth-order valence-corrected chi connectivity index (χ4v) is 3.31. The Bertz CT molecular complexity index is 884. The fourth-order valence-electron chi connectivity index (χ4n) is 3.31. The van der Waals surface area contributed by atoms with E-state index >= 15 is 0 Å². The fraction of sp³-hybridized carbons (Fsp3) is 0.304. The number of hydrogen-bond donors (Lipinski definition) is 1. The summed E-state index contributed by atoms with van der Waals surface area (Å²) in [6.07, 6.45) is 0. The Balaban J connectivity index is 1.71. The summed E-state index contributed by atoms with van der Waals surface area (Å²) in [5.74, 6) is 0.361. The van der Waals surface area contributed by atoms with Crippen molar-refractivity contribution in [2.45, 2.75) is 26.8 Å². The molecule has 0 radical (unpaired) electrons. The Kier molecular flexibility index (Phi) is 6.61. The van der Waals surface area contributed by atoms with E-state index in [1.54, 1.807) is 6.07 Å². The molecule has 28 heavy (non-hydrogen) atoms. The third kappa shape index (κ3) is 4.67. The largest absolute Gasteiger partial charge is 0.355 e. The number of hydrogen-bond acceptors (Lipinski definition) is 4. The van der Waals surface area contributed by atoms with Crippen LogP contribution in [0.4, 0.5) is 0 Å². The zero-order chi connectivity index (χ0) is 19.9. The van der Waals surface area contributed by atoms with E-state index in [1.165, 1.54) is 11.1 Å². The first-order chi connectivity index (χ1) is 13.6. The maximum absolute atomic E-state index is 12.6. The van der Waals surface area contributed by atoms with Crippen molar-refractivity contribution in [3.63, 3.8) is 0 Å². The average molecular weight is 377 g/mol. The summed E-state index contributed by atoms with van der Waals surface area (Å²) in [6.45, 7) is 8.68. The van der Waals surface area contributed by atoms with Gasteiger partial charge in [-0.15, -0.1) is 0 Å². The van der Waals surface area contributed by atoms with Crippen molar-refractivity contribution in [1.82, 2.24) is 15.4 Å². The van der Waals surface area contributed by atoms with Crippen LogP contribution in [-0.2, 0) is 0 Å². The second-order valence-corrected chi connectivity index (χ2v) is 6.80. The molecule has 1 N–H and O–H groups in total. The molecule has 146 valence electrons. The molecule has 0 fully saturated rings. The molecule has 1 heterocycles. The monoisotopic (exact) mass is 377 g/mol. The molecule has 0 aliphatic rings. The van der Waals surface area contributed by atoms with Gasteiger partial charge in [0, 0.05) is 18.2 Å². The minimum atomic E-state index is -0.227. The summed E-state index contributed by atoms with van der Waals surface area (Å²) in [6, 6.07) is 19.9. The molecule has 1 atom stereocenters. The average Bonchev–Trinajstić information content (AvgIpc) is 3.23. The molecule has 1 amide bonds. The van der Waals surface area contributed by atoms with Crippen molar-refractivity contribution in [2.75, 3.05) is 19.6 Å². The predicted molar refractivity (Wildman–Crippen MR) is 111 cm³/mol. The van der Waals surface area contributed by atoms with Crippen molar-refractivity contribution in [1.29, 1.82) is 0 Å². The van der Waals surface area contributed by atoms with Crippen LogP contribution >= 0.6 is 0 Å². The lowest BCUT2D eigenvalue weighted by atomic mass is 10.0. The standard InChI is InChI=1S/C23H27N3O2/c1-4-26(5-2)21(18-13-11-17(3)12-14-18)16-24-23(27)20-15-22(28-25-20)19-9-7-6-8-10-19/h6-15,21H,4-5,16H2,1-3H3,(H,24,27)/t21-/m0/s1. The summed E-state index contributed by atoms with van der Waals surface area (Å²) in [4.78, 5) is 15.0. The quantitative estimate of drug-likeness (QED) is 0.629. The second-order valence-electron chi connectivity index (χ2n) is 6.80. The summed E-state index contributed by atoms with van der Waals surface area (Å²) in [7, 11) is 0. The van der Waals surface area contributed by atoms with Gasteiger partial charge in [0.05, 0.1) is 6.04 Å². The number of aromatic nitrogens is 1. The van der Waals surface area contributed by atoms with Gasteiger partial charge in [-0.1, -0.05) is 79.2 Å². The molecular weight excluding hydrogens is 350 g/mol. The normalized spacial score (nSPS) is 12.1. The summed E-state index contributed by atoms with van der Waals surface area (Å²) < 4.78 is 5.35. The topological polar surface area (TPSA) is 58.4 Å². The van der Waals surface area contributed by atoms with Crippen molar-refractivity contribution in [3.05, 3.63) is 77.5 Å². The summed E-state index contributed by atoms with van der Waals surface area (Å²) >= 11 is 0. The van der Waals surface area contributed by atoms with Gasteiger partial charge in [-0.25, -0.2) is 0 Å². The molecule has 5 heteroatoms. The molecule has 3 aromatic rings. The zero-order valence-corrected chi connectivity index (χ0v) is 16.7. The zero-order valence-electron chi connectivity index (χ0n) is 16.7. The molecule has 0 spiro atoms. The smallest absolute Gasteiger partial charge is 0.273 e. The minimum absolute atomic E-state index is 0.111. The third-order valence-electron chi connectivity index (χ3n) is 4.97. The highest BCUT2D eigenvalue weighted by Gasteiger charge is 2.20. The number of nitrogens with one attached hydrogen (secondary N) is 1. The van der Waals surface area contributed by atoms with Crippen LogP contribution in [0, 0.1) is 6.92 Å². The van der Waals surface area contributed by atoms with Gasteiger partial charge in [-0.3, -0.25) is 9.69 Å². The van der Waals surface area contributed by atoms with E-state index in [2.05, 4.69) is 60.4 Å². The van der Waals surface area contributed by atoms with Crippen molar-refractivity contribution >= 4 is 5.91 Å². The SMILES string of the molecule is CCN(CC)[C@@H](CNC(=O)c1cc(-c2ccccc2)on1)c1ccc(C)cc1. The van der Waals surface area contributed by atoms with Crippen LogP contribution in [0.5, 0.6) is 0 Å². The predicted octanol–water partition coefficient (Wildman–Crippen LogP) is 4.46. The molecule has 5 nitrogen and oxygen atoms in total. The number of aryl methyl sites for hydroxylation is 1. The van der Waals surface area contributed by atoms with Gasteiger partial charge < -0.3 is 9.84 Å². The van der Waals surface area contributed by atoms with E-state index in [4.69, 9.17) is 4.52 Å². The number of amides is 1. The maximum atomic E-state index is 12.6. The molecule has 1 aromatic heterocycles. The van der Waals surface area contributed by atoms with E-state index < -0.39 is 0 Å². The van der Waals surface area contributed by atoms with Crippen LogP contribution in [0.3, 0.4) is 0 Å². The number of nitrogens with zero attached hydrogens (tertiary/aromatic N) is 2. The highest BCUT2D eigenvalue weighted by Crippen LogP contribution is 2.22. The van der Waals surface area contributed by atoms with Crippen molar-refractivity contribution in [2.24, 2.45) is 0 Å². The highest BCUT2D eigenvalue weighted by atomic mass is 16.5. The Morgan fingerprint density at radius 1 is 1.07 bits per heavy atom. The first-order valence-corrected chi connectivity index (χ1v) is 9.73. The van der Waals surface area contributed by atoms with E-state index in [1.807, 2.05) is 30.3 Å². The molecule has 0 aliphatic heterocycles. The first kappa shape index (κ1) is 19.8. The lowest BCUT2D eigenvalue weighted by Gasteiger charge is -2.30. The first-order valence-electron chi connectivity index (χ1n) is 9.73. The molecule has 0 aliphatic carbocycles. The van der Waals surface area contributed by atoms with Gasteiger partial charge in [-0.05, 0) is 25.6 Å². The molecular formula is C23H27N3O2. The van der Waals surface area contributed by atoms with Crippen LogP contribution in [0.1, 0.15) is 41.5 Å². The highest BCUT2D eigenvalue weighted by molar-refractivity contribution is 5.93. The van der Waals surface area contributed by atoms with E-state index in [9.17, 15) is 4.79 Å². The molecule has 3 rings (SSSR count). The van der Waals surface area contributed by atoms with Gasteiger partial charge in [0.2, 0.25) is 0 Å². The van der Waals surface area contributed by atoms with Gasteiger partial charge in [0.1, 0.15) is 0 Å². The van der Waals surface area contributed by atoms with Crippen LogP contribution < -0.4 is 5.32 Å². The van der Waals surface area contributed by atoms with Gasteiger partial charge in [0.25, 0.3) is 5.91 Å². The van der Waals surface area contributed by atoms with E-state index in [0.29, 0.717) is 18.0 Å². The molecule has 0 bridgehead atoms. The summed E-state index contributed by atoms with van der Waals surface area (Å²) in [5, 5.41) is 6.96.